The molecule has 2 heterocycles. The highest BCUT2D eigenvalue weighted by Gasteiger charge is 2.29. The highest BCUT2D eigenvalue weighted by molar-refractivity contribution is 7.09. The number of anilines is 2. The van der Waals surface area contributed by atoms with Gasteiger partial charge in [0, 0.05) is 36.2 Å². The molecular formula is C14H16N4S. The normalized spacial score (nSPS) is 18.4. The lowest BCUT2D eigenvalue weighted by Gasteiger charge is -2.28. The number of nitrogens with two attached hydrogens (primary N) is 1. The van der Waals surface area contributed by atoms with E-state index < -0.39 is 0 Å². The third-order valence-corrected chi connectivity index (χ3v) is 4.74. The predicted octanol–water partition coefficient (Wildman–Crippen LogP) is 2.56. The van der Waals surface area contributed by atoms with Crippen LogP contribution in [0.1, 0.15) is 35.7 Å². The van der Waals surface area contributed by atoms with E-state index in [-0.39, 0.29) is 0 Å². The molecule has 2 N–H and O–H groups in total. The van der Waals surface area contributed by atoms with Crippen LogP contribution in [0.5, 0.6) is 0 Å². The lowest BCUT2D eigenvalue weighted by atomic mass is 9.98. The molecule has 98 valence electrons. The Morgan fingerprint density at radius 2 is 2.21 bits per heavy atom. The molecule has 4 nitrogen and oxygen atoms in total. The van der Waals surface area contributed by atoms with Gasteiger partial charge >= 0.3 is 0 Å². The van der Waals surface area contributed by atoms with Crippen LogP contribution in [0.4, 0.5) is 10.8 Å². The molecule has 0 spiro atoms. The Hall–Kier alpha value is -1.62. The van der Waals surface area contributed by atoms with Crippen LogP contribution in [0.25, 0.3) is 0 Å². The van der Waals surface area contributed by atoms with Crippen LogP contribution in [-0.4, -0.2) is 15.9 Å². The van der Waals surface area contributed by atoms with Gasteiger partial charge in [0.25, 0.3) is 0 Å². The van der Waals surface area contributed by atoms with E-state index in [9.17, 15) is 0 Å². The zero-order chi connectivity index (χ0) is 12.8. The van der Waals surface area contributed by atoms with Crippen molar-refractivity contribution in [2.24, 2.45) is 0 Å². The Bertz CT molecular complexity index is 618. The maximum Gasteiger partial charge on any atom is 0.205 e. The summed E-state index contributed by atoms with van der Waals surface area (Å²) in [5.74, 6) is 1.69. The average molecular weight is 272 g/mol. The fourth-order valence-corrected chi connectivity index (χ4v) is 3.44. The molecule has 0 amide bonds. The minimum Gasteiger partial charge on any atom is -0.398 e. The van der Waals surface area contributed by atoms with Crippen molar-refractivity contribution in [2.75, 3.05) is 17.2 Å². The Morgan fingerprint density at radius 3 is 3.05 bits per heavy atom. The predicted molar refractivity (Wildman–Crippen MR) is 77.5 cm³/mol. The summed E-state index contributed by atoms with van der Waals surface area (Å²) in [7, 11) is 0. The summed E-state index contributed by atoms with van der Waals surface area (Å²) in [6.07, 6.45) is 3.52. The quantitative estimate of drug-likeness (QED) is 0.854. The van der Waals surface area contributed by atoms with Gasteiger partial charge in [0.05, 0.1) is 0 Å². The lowest BCUT2D eigenvalue weighted by molar-refractivity contribution is 0.728. The maximum absolute atomic E-state index is 6.03. The van der Waals surface area contributed by atoms with Gasteiger partial charge in [-0.15, -0.1) is 0 Å². The van der Waals surface area contributed by atoms with Crippen molar-refractivity contribution < 1.29 is 0 Å². The standard InChI is InChI=1S/C14H16N4S/c15-12-3-1-2-10-8-18(7-6-11(10)12)14-16-13(17-19-14)9-4-5-9/h1-3,9H,4-8,15H2. The molecular weight excluding hydrogens is 256 g/mol. The molecule has 4 rings (SSSR count). The van der Waals surface area contributed by atoms with Crippen LogP contribution in [0, 0.1) is 0 Å². The fraction of sp³-hybridized carbons (Fsp3) is 0.429. The second-order valence-corrected chi connectivity index (χ2v) is 6.10. The zero-order valence-corrected chi connectivity index (χ0v) is 11.5. The summed E-state index contributed by atoms with van der Waals surface area (Å²) in [5.41, 5.74) is 9.60. The molecule has 1 fully saturated rings. The topological polar surface area (TPSA) is 55.0 Å². The number of fused-ring (bicyclic) bond motifs is 1. The highest BCUT2D eigenvalue weighted by atomic mass is 32.1. The highest BCUT2D eigenvalue weighted by Crippen LogP contribution is 2.40. The monoisotopic (exact) mass is 272 g/mol. The summed E-state index contributed by atoms with van der Waals surface area (Å²) < 4.78 is 4.49. The van der Waals surface area contributed by atoms with E-state index in [1.54, 1.807) is 0 Å². The van der Waals surface area contributed by atoms with Crippen LogP contribution >= 0.6 is 11.5 Å². The number of hydrogen-bond acceptors (Lipinski definition) is 5. The number of hydrogen-bond donors (Lipinski definition) is 1. The van der Waals surface area contributed by atoms with Crippen molar-refractivity contribution in [3.05, 3.63) is 35.2 Å². The molecule has 5 heteroatoms. The van der Waals surface area contributed by atoms with Gasteiger partial charge in [0.15, 0.2) is 0 Å². The van der Waals surface area contributed by atoms with Gasteiger partial charge in [-0.2, -0.15) is 4.37 Å². The Morgan fingerprint density at radius 1 is 1.32 bits per heavy atom. The molecule has 0 atom stereocenters. The number of nitrogen functional groups attached to an aromatic ring is 1. The summed E-state index contributed by atoms with van der Waals surface area (Å²) in [5, 5.41) is 1.06. The molecule has 1 aromatic heterocycles. The number of rotatable bonds is 2. The first-order chi connectivity index (χ1) is 9.31. The molecule has 0 saturated heterocycles. The molecule has 2 aromatic rings. The molecule has 0 bridgehead atoms. The van der Waals surface area contributed by atoms with Gasteiger partial charge in [-0.05, 0) is 36.5 Å². The molecule has 19 heavy (non-hydrogen) atoms. The van der Waals surface area contributed by atoms with Crippen LogP contribution < -0.4 is 10.6 Å². The molecule has 0 radical (unpaired) electrons. The van der Waals surface area contributed by atoms with Gasteiger partial charge in [-0.1, -0.05) is 12.1 Å². The second-order valence-electron chi connectivity index (χ2n) is 5.37. The summed E-state index contributed by atoms with van der Waals surface area (Å²) in [6.45, 7) is 1.89. The third kappa shape index (κ3) is 1.98. The molecule has 1 aromatic carbocycles. The van der Waals surface area contributed by atoms with Crippen LogP contribution in [0.3, 0.4) is 0 Å². The van der Waals surface area contributed by atoms with E-state index in [2.05, 4.69) is 15.3 Å². The largest absolute Gasteiger partial charge is 0.398 e. The van der Waals surface area contributed by atoms with Crippen LogP contribution in [0.2, 0.25) is 0 Å². The van der Waals surface area contributed by atoms with Gasteiger partial charge < -0.3 is 10.6 Å². The minimum atomic E-state index is 0.637. The van der Waals surface area contributed by atoms with E-state index in [4.69, 9.17) is 10.7 Å². The molecule has 0 unspecified atom stereocenters. The smallest absolute Gasteiger partial charge is 0.205 e. The fourth-order valence-electron chi connectivity index (χ4n) is 2.66. The summed E-state index contributed by atoms with van der Waals surface area (Å²) in [6, 6.07) is 6.19. The van der Waals surface area contributed by atoms with Crippen LogP contribution in [0.15, 0.2) is 18.2 Å². The van der Waals surface area contributed by atoms with Gasteiger partial charge in [0.2, 0.25) is 5.13 Å². The first-order valence-corrected chi connectivity index (χ1v) is 7.53. The Balaban J connectivity index is 1.60. The zero-order valence-electron chi connectivity index (χ0n) is 10.7. The van der Waals surface area contributed by atoms with Crippen molar-refractivity contribution in [1.82, 2.24) is 9.36 Å². The van der Waals surface area contributed by atoms with E-state index in [1.807, 2.05) is 12.1 Å². The SMILES string of the molecule is Nc1cccc2c1CCN(c1nc(C3CC3)ns1)C2. The van der Waals surface area contributed by atoms with E-state index >= 15 is 0 Å². The van der Waals surface area contributed by atoms with E-state index in [0.29, 0.717) is 5.92 Å². The molecule has 1 aliphatic carbocycles. The van der Waals surface area contributed by atoms with Crippen molar-refractivity contribution in [3.63, 3.8) is 0 Å². The van der Waals surface area contributed by atoms with Crippen molar-refractivity contribution in [3.8, 4) is 0 Å². The Kier molecular flexibility index (Phi) is 2.48. The molecule has 1 saturated carbocycles. The summed E-state index contributed by atoms with van der Waals surface area (Å²) in [4.78, 5) is 7.02. The van der Waals surface area contributed by atoms with Crippen LogP contribution in [-0.2, 0) is 13.0 Å². The van der Waals surface area contributed by atoms with E-state index in [0.717, 1.165) is 36.2 Å². The molecule has 2 aliphatic rings. The third-order valence-electron chi connectivity index (χ3n) is 3.95. The molecule has 1 aliphatic heterocycles. The Labute approximate surface area is 116 Å². The van der Waals surface area contributed by atoms with Gasteiger partial charge in [0.1, 0.15) is 5.82 Å². The summed E-state index contributed by atoms with van der Waals surface area (Å²) >= 11 is 1.54. The number of benzene rings is 1. The number of aromatic nitrogens is 2. The second kappa shape index (κ2) is 4.20. The van der Waals surface area contributed by atoms with Crippen molar-refractivity contribution in [2.45, 2.75) is 31.7 Å². The van der Waals surface area contributed by atoms with Gasteiger partial charge in [-0.25, -0.2) is 4.98 Å². The van der Waals surface area contributed by atoms with Crippen molar-refractivity contribution in [1.29, 1.82) is 0 Å². The van der Waals surface area contributed by atoms with E-state index in [1.165, 1.54) is 35.5 Å². The first kappa shape index (κ1) is 11.2. The van der Waals surface area contributed by atoms with Gasteiger partial charge in [-0.3, -0.25) is 0 Å². The first-order valence-electron chi connectivity index (χ1n) is 6.76. The lowest BCUT2D eigenvalue weighted by Crippen LogP contribution is -2.30. The minimum absolute atomic E-state index is 0.637. The van der Waals surface area contributed by atoms with Crippen molar-refractivity contribution >= 4 is 22.4 Å². The number of nitrogens with zero attached hydrogens (tertiary/aromatic N) is 3. The average Bonchev–Trinajstić information content (AvgIpc) is 3.16. The maximum atomic E-state index is 6.03.